The number of carboxylic acid groups (broad SMARTS) is 1. The number of aliphatic carboxylic acids is 1. The second kappa shape index (κ2) is 8.85. The van der Waals surface area contributed by atoms with Crippen molar-refractivity contribution in [2.45, 2.75) is 85.2 Å². The lowest BCUT2D eigenvalue weighted by atomic mass is 10.1. The Labute approximate surface area is 128 Å². The first-order chi connectivity index (χ1) is 10.0. The molecule has 0 aliphatic heterocycles. The minimum Gasteiger partial charge on any atom is -0.478 e. The van der Waals surface area contributed by atoms with Crippen LogP contribution in [-0.2, 0) is 17.8 Å². The first kappa shape index (κ1) is 17.7. The Bertz CT molecular complexity index is 452. The lowest BCUT2D eigenvalue weighted by Crippen LogP contribution is -2.44. The van der Waals surface area contributed by atoms with E-state index in [0.717, 1.165) is 30.9 Å². The molecule has 0 aromatic carbocycles. The van der Waals surface area contributed by atoms with Gasteiger partial charge in [-0.2, -0.15) is 0 Å². The van der Waals surface area contributed by atoms with Crippen LogP contribution in [0.15, 0.2) is 6.20 Å². The Morgan fingerprint density at radius 2 is 1.86 bits per heavy atom. The number of unbranched alkanes of at least 4 members (excludes halogenated alkanes) is 5. The number of hydrogen-bond donors (Lipinski definition) is 1. The van der Waals surface area contributed by atoms with Crippen molar-refractivity contribution in [3.63, 3.8) is 0 Å². The van der Waals surface area contributed by atoms with E-state index in [0.29, 0.717) is 0 Å². The van der Waals surface area contributed by atoms with Gasteiger partial charge >= 0.3 is 5.97 Å². The summed E-state index contributed by atoms with van der Waals surface area (Å²) in [5.41, 5.74) is 1.14. The van der Waals surface area contributed by atoms with Gasteiger partial charge in [0.2, 0.25) is 0 Å². The average molecular weight is 295 g/mol. The van der Waals surface area contributed by atoms with E-state index in [4.69, 9.17) is 0 Å². The lowest BCUT2D eigenvalue weighted by molar-refractivity contribution is -0.714. The highest BCUT2D eigenvalue weighted by atomic mass is 16.4. The molecule has 0 fully saturated rings. The quantitative estimate of drug-likeness (QED) is 0.529. The number of carbonyl (C=O) groups is 1. The Hall–Kier alpha value is -1.32. The molecule has 0 saturated carbocycles. The molecule has 0 aliphatic rings. The second-order valence-electron chi connectivity index (χ2n) is 5.87. The van der Waals surface area contributed by atoms with E-state index in [2.05, 4.69) is 25.3 Å². The number of aryl methyl sites for hydroxylation is 1. The van der Waals surface area contributed by atoms with Gasteiger partial charge in [0.25, 0.3) is 5.82 Å². The summed E-state index contributed by atoms with van der Waals surface area (Å²) < 4.78 is 4.18. The van der Waals surface area contributed by atoms with Crippen LogP contribution in [0.2, 0.25) is 0 Å². The van der Waals surface area contributed by atoms with Crippen LogP contribution in [0.25, 0.3) is 0 Å². The highest BCUT2D eigenvalue weighted by Gasteiger charge is 2.27. The van der Waals surface area contributed by atoms with Crippen LogP contribution in [0.4, 0.5) is 0 Å². The molecule has 1 unspecified atom stereocenters. The van der Waals surface area contributed by atoms with Gasteiger partial charge in [-0.05, 0) is 20.3 Å². The van der Waals surface area contributed by atoms with Crippen molar-refractivity contribution in [3.8, 4) is 0 Å². The summed E-state index contributed by atoms with van der Waals surface area (Å²) in [5.74, 6) is 0.387. The van der Waals surface area contributed by atoms with Gasteiger partial charge in [0.15, 0.2) is 6.04 Å². The Morgan fingerprint density at radius 3 is 2.43 bits per heavy atom. The molecule has 4 heteroatoms. The van der Waals surface area contributed by atoms with Crippen LogP contribution >= 0.6 is 0 Å². The number of nitrogens with zero attached hydrogens (tertiary/aromatic N) is 2. The smallest absolute Gasteiger partial charge is 0.349 e. The summed E-state index contributed by atoms with van der Waals surface area (Å²) in [7, 11) is 0. The fourth-order valence-electron chi connectivity index (χ4n) is 2.90. The summed E-state index contributed by atoms with van der Waals surface area (Å²) in [6.45, 7) is 9.06. The largest absolute Gasteiger partial charge is 0.478 e. The van der Waals surface area contributed by atoms with E-state index in [9.17, 15) is 9.90 Å². The van der Waals surface area contributed by atoms with Crippen LogP contribution in [0.5, 0.6) is 0 Å². The Balaban J connectivity index is 2.72. The normalized spacial score (nSPS) is 12.6. The molecular weight excluding hydrogens is 264 g/mol. The van der Waals surface area contributed by atoms with Crippen molar-refractivity contribution in [2.24, 2.45) is 0 Å². The first-order valence-corrected chi connectivity index (χ1v) is 8.35. The predicted molar refractivity (Wildman–Crippen MR) is 84.5 cm³/mol. The highest BCUT2D eigenvalue weighted by Crippen LogP contribution is 2.12. The fourth-order valence-corrected chi connectivity index (χ4v) is 2.90. The van der Waals surface area contributed by atoms with Gasteiger partial charge in [-0.1, -0.05) is 39.0 Å². The standard InChI is InChI=1S/C17H30N2O2/c1-5-7-8-9-10-11-12-16-18(6-2)14(3)13-19(16)15(4)17(20)21/h13,15H,5-12H2,1-4H3/p+1. The van der Waals surface area contributed by atoms with E-state index in [1.54, 1.807) is 6.92 Å². The van der Waals surface area contributed by atoms with Crippen LogP contribution in [-0.4, -0.2) is 15.6 Å². The molecule has 0 aliphatic carbocycles. The zero-order valence-electron chi connectivity index (χ0n) is 14.1. The molecule has 21 heavy (non-hydrogen) atoms. The number of hydrogen-bond acceptors (Lipinski definition) is 1. The Morgan fingerprint density at radius 1 is 1.24 bits per heavy atom. The van der Waals surface area contributed by atoms with Crippen LogP contribution < -0.4 is 4.57 Å². The van der Waals surface area contributed by atoms with Crippen molar-refractivity contribution in [1.29, 1.82) is 0 Å². The second-order valence-corrected chi connectivity index (χ2v) is 5.87. The van der Waals surface area contributed by atoms with Crippen molar-refractivity contribution >= 4 is 5.97 Å². The number of rotatable bonds is 10. The summed E-state index contributed by atoms with van der Waals surface area (Å²) in [6.07, 6.45) is 10.5. The molecular formula is C17H31N2O2+. The van der Waals surface area contributed by atoms with Gasteiger partial charge in [0.05, 0.1) is 6.54 Å². The third-order valence-corrected chi connectivity index (χ3v) is 4.21. The zero-order valence-corrected chi connectivity index (χ0v) is 14.1. The molecule has 1 atom stereocenters. The van der Waals surface area contributed by atoms with Crippen molar-refractivity contribution in [1.82, 2.24) is 4.57 Å². The van der Waals surface area contributed by atoms with Crippen LogP contribution in [0, 0.1) is 6.92 Å². The molecule has 1 rings (SSSR count). The molecule has 0 saturated heterocycles. The van der Waals surface area contributed by atoms with Gasteiger partial charge < -0.3 is 5.11 Å². The van der Waals surface area contributed by atoms with Gasteiger partial charge in [0.1, 0.15) is 11.9 Å². The molecule has 1 N–H and O–H groups in total. The SMILES string of the molecule is CCCCCCCCc1n(CC)c(C)c[n+]1C(C)C(=O)O. The maximum atomic E-state index is 11.3. The molecule has 1 heterocycles. The molecule has 1 aromatic heterocycles. The molecule has 120 valence electrons. The maximum absolute atomic E-state index is 11.3. The molecule has 1 aromatic rings. The maximum Gasteiger partial charge on any atom is 0.349 e. The topological polar surface area (TPSA) is 46.1 Å². The third kappa shape index (κ3) is 4.87. The molecule has 4 nitrogen and oxygen atoms in total. The van der Waals surface area contributed by atoms with Crippen molar-refractivity contribution in [2.75, 3.05) is 0 Å². The molecule has 0 radical (unpaired) electrons. The summed E-state index contributed by atoms with van der Waals surface area (Å²) in [4.78, 5) is 11.3. The number of imidazole rings is 1. The zero-order chi connectivity index (χ0) is 15.8. The third-order valence-electron chi connectivity index (χ3n) is 4.21. The van der Waals surface area contributed by atoms with Gasteiger partial charge in [-0.15, -0.1) is 0 Å². The van der Waals surface area contributed by atoms with E-state index in [1.165, 1.54) is 32.1 Å². The highest BCUT2D eigenvalue weighted by molar-refractivity contribution is 5.69. The Kier molecular flexibility index (Phi) is 7.48. The molecule has 0 spiro atoms. The van der Waals surface area contributed by atoms with Gasteiger partial charge in [-0.25, -0.2) is 13.9 Å². The summed E-state index contributed by atoms with van der Waals surface area (Å²) in [6, 6.07) is -0.494. The monoisotopic (exact) mass is 295 g/mol. The fraction of sp³-hybridized carbons (Fsp3) is 0.765. The van der Waals surface area contributed by atoms with Gasteiger partial charge in [-0.3, -0.25) is 0 Å². The van der Waals surface area contributed by atoms with E-state index in [1.807, 2.05) is 10.8 Å². The van der Waals surface area contributed by atoms with Crippen molar-refractivity contribution < 1.29 is 14.5 Å². The predicted octanol–water partition coefficient (Wildman–Crippen LogP) is 3.65. The minimum atomic E-state index is -0.766. The van der Waals surface area contributed by atoms with Crippen molar-refractivity contribution in [3.05, 3.63) is 17.7 Å². The molecule has 0 bridgehead atoms. The van der Waals surface area contributed by atoms with Gasteiger partial charge in [0, 0.05) is 13.3 Å². The minimum absolute atomic E-state index is 0.494. The summed E-state index contributed by atoms with van der Waals surface area (Å²) in [5, 5.41) is 9.27. The number of carboxylic acids is 1. The first-order valence-electron chi connectivity index (χ1n) is 8.35. The lowest BCUT2D eigenvalue weighted by Gasteiger charge is -2.08. The van der Waals surface area contributed by atoms with E-state index >= 15 is 0 Å². The molecule has 0 amide bonds. The van der Waals surface area contributed by atoms with Crippen LogP contribution in [0.1, 0.15) is 76.9 Å². The summed E-state index contributed by atoms with van der Waals surface area (Å²) >= 11 is 0. The van der Waals surface area contributed by atoms with Crippen LogP contribution in [0.3, 0.4) is 0 Å². The number of aromatic nitrogens is 2. The van der Waals surface area contributed by atoms with E-state index < -0.39 is 12.0 Å². The average Bonchev–Trinajstić information content (AvgIpc) is 2.77. The van der Waals surface area contributed by atoms with E-state index in [-0.39, 0.29) is 0 Å².